The summed E-state index contributed by atoms with van der Waals surface area (Å²) in [5.41, 5.74) is 2.66. The van der Waals surface area contributed by atoms with Gasteiger partial charge in [0.1, 0.15) is 0 Å². The predicted molar refractivity (Wildman–Crippen MR) is 79.8 cm³/mol. The summed E-state index contributed by atoms with van der Waals surface area (Å²) in [6, 6.07) is 8.95. The van der Waals surface area contributed by atoms with Crippen molar-refractivity contribution in [2.24, 2.45) is 0 Å². The number of unbranched alkanes of at least 4 members (excludes halogenated alkanes) is 1. The summed E-state index contributed by atoms with van der Waals surface area (Å²) in [4.78, 5) is 2.06. The highest BCUT2D eigenvalue weighted by molar-refractivity contribution is 5.19. The Hall–Kier alpha value is -0.860. The van der Waals surface area contributed by atoms with Crippen LogP contribution in [0.15, 0.2) is 24.3 Å². The van der Waals surface area contributed by atoms with Crippen molar-refractivity contribution in [2.45, 2.75) is 53.5 Å². The molecule has 1 aromatic rings. The van der Waals surface area contributed by atoms with Crippen LogP contribution < -0.4 is 0 Å². The fraction of sp³-hybridized carbons (Fsp3) is 0.625. The van der Waals surface area contributed by atoms with Gasteiger partial charge in [0.25, 0.3) is 0 Å². The first-order valence-electron chi connectivity index (χ1n) is 6.89. The van der Waals surface area contributed by atoms with E-state index in [1.54, 1.807) is 0 Å². The van der Waals surface area contributed by atoms with Gasteiger partial charge in [0.15, 0.2) is 0 Å². The Morgan fingerprint density at radius 2 is 1.50 bits per heavy atom. The number of nitrogens with zero attached hydrogens (tertiary/aromatic N) is 1. The number of hydrogen-bond acceptors (Lipinski definition) is 2. The fourth-order valence-corrected chi connectivity index (χ4v) is 1.49. The van der Waals surface area contributed by atoms with Crippen LogP contribution >= 0.6 is 0 Å². The second-order valence-electron chi connectivity index (χ2n) is 5.06. The average molecular weight is 251 g/mol. The van der Waals surface area contributed by atoms with Crippen molar-refractivity contribution in [3.63, 3.8) is 0 Å². The zero-order valence-electron chi connectivity index (χ0n) is 12.6. The molecule has 0 saturated carbocycles. The topological polar surface area (TPSA) is 23.5 Å². The van der Waals surface area contributed by atoms with E-state index in [1.165, 1.54) is 24.0 Å². The molecule has 0 radical (unpaired) electrons. The highest BCUT2D eigenvalue weighted by atomic mass is 16.3. The summed E-state index contributed by atoms with van der Waals surface area (Å²) in [5, 5.41) is 8.85. The fourth-order valence-electron chi connectivity index (χ4n) is 1.49. The second-order valence-corrected chi connectivity index (χ2v) is 5.06. The minimum Gasteiger partial charge on any atom is -0.381 e. The summed E-state index contributed by atoms with van der Waals surface area (Å²) in [5.74, 6) is 0. The van der Waals surface area contributed by atoms with Gasteiger partial charge in [-0.25, -0.2) is 0 Å². The smallest absolute Gasteiger partial charge is 0.0958 e. The van der Waals surface area contributed by atoms with E-state index in [9.17, 15) is 0 Å². The molecule has 0 aliphatic heterocycles. The van der Waals surface area contributed by atoms with Gasteiger partial charge in [0, 0.05) is 12.6 Å². The normalized spacial score (nSPS) is 10.4. The highest BCUT2D eigenvalue weighted by Gasteiger charge is 2.05. The van der Waals surface area contributed by atoms with Gasteiger partial charge in [0.2, 0.25) is 0 Å². The zero-order chi connectivity index (χ0) is 14.0. The maximum absolute atomic E-state index is 8.85. The molecule has 2 heteroatoms. The summed E-state index contributed by atoms with van der Waals surface area (Å²) < 4.78 is 0. The first kappa shape index (κ1) is 17.1. The third kappa shape index (κ3) is 8.26. The van der Waals surface area contributed by atoms with Crippen molar-refractivity contribution in [1.29, 1.82) is 0 Å². The first-order valence-corrected chi connectivity index (χ1v) is 6.89. The van der Waals surface area contributed by atoms with E-state index in [2.05, 4.69) is 63.8 Å². The van der Waals surface area contributed by atoms with Crippen molar-refractivity contribution in [3.05, 3.63) is 35.4 Å². The first-order chi connectivity index (χ1) is 8.51. The Kier molecular flexibility index (Phi) is 9.62. The standard InChI is InChI=1S/C8H19NO.C8H10/c1-4-5-6-9(7-10)8(2)3;1-7-3-5-8(2)6-4-7/h8,10H,4-7H2,1-3H3;3-6H,1-2H3. The SMILES string of the molecule is CCCCN(CO)C(C)C.Cc1ccc(C)cc1. The quantitative estimate of drug-likeness (QED) is 0.806. The van der Waals surface area contributed by atoms with E-state index < -0.39 is 0 Å². The van der Waals surface area contributed by atoms with E-state index in [1.807, 2.05) is 0 Å². The van der Waals surface area contributed by atoms with Crippen LogP contribution in [0.3, 0.4) is 0 Å². The lowest BCUT2D eigenvalue weighted by atomic mass is 10.2. The Bertz CT molecular complexity index is 271. The second kappa shape index (κ2) is 10.1. The summed E-state index contributed by atoms with van der Waals surface area (Å²) in [6.07, 6.45) is 2.38. The van der Waals surface area contributed by atoms with Crippen LogP contribution in [0.2, 0.25) is 0 Å². The van der Waals surface area contributed by atoms with Crippen LogP contribution in [-0.2, 0) is 0 Å². The van der Waals surface area contributed by atoms with Gasteiger partial charge in [-0.15, -0.1) is 0 Å². The van der Waals surface area contributed by atoms with Crippen LogP contribution in [0.1, 0.15) is 44.7 Å². The van der Waals surface area contributed by atoms with Crippen LogP contribution in [0.5, 0.6) is 0 Å². The number of aryl methyl sites for hydroxylation is 2. The molecular formula is C16H29NO. The molecule has 0 saturated heterocycles. The molecule has 0 amide bonds. The minimum atomic E-state index is 0.192. The van der Waals surface area contributed by atoms with Gasteiger partial charge in [0.05, 0.1) is 6.73 Å². The van der Waals surface area contributed by atoms with Crippen molar-refractivity contribution in [1.82, 2.24) is 4.90 Å². The zero-order valence-corrected chi connectivity index (χ0v) is 12.6. The molecule has 18 heavy (non-hydrogen) atoms. The van der Waals surface area contributed by atoms with Crippen LogP contribution in [-0.4, -0.2) is 29.3 Å². The lowest BCUT2D eigenvalue weighted by Crippen LogP contribution is -2.32. The third-order valence-electron chi connectivity index (χ3n) is 2.93. The lowest BCUT2D eigenvalue weighted by Gasteiger charge is -2.23. The van der Waals surface area contributed by atoms with Crippen molar-refractivity contribution < 1.29 is 5.11 Å². The van der Waals surface area contributed by atoms with E-state index in [0.717, 1.165) is 6.54 Å². The van der Waals surface area contributed by atoms with Crippen molar-refractivity contribution in [2.75, 3.05) is 13.3 Å². The number of hydrogen-bond donors (Lipinski definition) is 1. The molecule has 1 rings (SSSR count). The minimum absolute atomic E-state index is 0.192. The van der Waals surface area contributed by atoms with Gasteiger partial charge in [-0.1, -0.05) is 48.7 Å². The molecule has 104 valence electrons. The number of aliphatic hydroxyl groups is 1. The maximum Gasteiger partial charge on any atom is 0.0958 e. The molecule has 1 N–H and O–H groups in total. The summed E-state index contributed by atoms with van der Waals surface area (Å²) in [6.45, 7) is 11.8. The number of aliphatic hydroxyl groups excluding tert-OH is 1. The highest BCUT2D eigenvalue weighted by Crippen LogP contribution is 1.99. The predicted octanol–water partition coefficient (Wildman–Crippen LogP) is 3.75. The molecule has 0 bridgehead atoms. The van der Waals surface area contributed by atoms with Gasteiger partial charge >= 0.3 is 0 Å². The van der Waals surface area contributed by atoms with E-state index in [-0.39, 0.29) is 6.73 Å². The lowest BCUT2D eigenvalue weighted by molar-refractivity contribution is 0.0792. The van der Waals surface area contributed by atoms with Crippen LogP contribution in [0.4, 0.5) is 0 Å². The Morgan fingerprint density at radius 1 is 1.06 bits per heavy atom. The largest absolute Gasteiger partial charge is 0.381 e. The molecule has 0 aliphatic carbocycles. The molecule has 0 heterocycles. The Labute approximate surface area is 113 Å². The molecule has 1 aromatic carbocycles. The molecule has 0 unspecified atom stereocenters. The Balaban J connectivity index is 0.000000327. The number of benzene rings is 1. The van der Waals surface area contributed by atoms with Gasteiger partial charge in [-0.2, -0.15) is 0 Å². The molecule has 0 atom stereocenters. The third-order valence-corrected chi connectivity index (χ3v) is 2.93. The molecule has 0 fully saturated rings. The van der Waals surface area contributed by atoms with Crippen LogP contribution in [0.25, 0.3) is 0 Å². The van der Waals surface area contributed by atoms with Gasteiger partial charge in [-0.05, 0) is 34.1 Å². The van der Waals surface area contributed by atoms with Crippen molar-refractivity contribution >= 4 is 0 Å². The monoisotopic (exact) mass is 251 g/mol. The molecule has 0 aromatic heterocycles. The van der Waals surface area contributed by atoms with E-state index in [4.69, 9.17) is 5.11 Å². The van der Waals surface area contributed by atoms with E-state index in [0.29, 0.717) is 6.04 Å². The molecular weight excluding hydrogens is 222 g/mol. The van der Waals surface area contributed by atoms with E-state index >= 15 is 0 Å². The van der Waals surface area contributed by atoms with Crippen LogP contribution in [0, 0.1) is 13.8 Å². The van der Waals surface area contributed by atoms with Gasteiger partial charge < -0.3 is 5.11 Å². The molecule has 0 aliphatic rings. The maximum atomic E-state index is 8.85. The molecule has 2 nitrogen and oxygen atoms in total. The Morgan fingerprint density at radius 3 is 1.78 bits per heavy atom. The summed E-state index contributed by atoms with van der Waals surface area (Å²) in [7, 11) is 0. The van der Waals surface area contributed by atoms with Gasteiger partial charge in [-0.3, -0.25) is 4.90 Å². The molecule has 0 spiro atoms. The number of rotatable bonds is 5. The summed E-state index contributed by atoms with van der Waals surface area (Å²) >= 11 is 0. The van der Waals surface area contributed by atoms with Crippen molar-refractivity contribution in [3.8, 4) is 0 Å². The average Bonchev–Trinajstić information content (AvgIpc) is 2.34.